The Kier molecular flexibility index (Phi) is 6.41. The zero-order chi connectivity index (χ0) is 23.9. The minimum Gasteiger partial charge on any atom is -0.292 e. The van der Waals surface area contributed by atoms with Gasteiger partial charge in [-0.3, -0.25) is 19.2 Å². The van der Waals surface area contributed by atoms with Gasteiger partial charge < -0.3 is 0 Å². The summed E-state index contributed by atoms with van der Waals surface area (Å²) in [7, 11) is 0. The van der Waals surface area contributed by atoms with Crippen molar-refractivity contribution in [1.29, 1.82) is 0 Å². The number of hydrazine groups is 1. The van der Waals surface area contributed by atoms with Crippen LogP contribution in [0.5, 0.6) is 0 Å². The van der Waals surface area contributed by atoms with E-state index in [-0.39, 0.29) is 11.5 Å². The monoisotopic (exact) mass is 484 g/mol. The van der Waals surface area contributed by atoms with Crippen LogP contribution in [0.2, 0.25) is 10.0 Å². The molecule has 1 aliphatic carbocycles. The van der Waals surface area contributed by atoms with Gasteiger partial charge in [0.25, 0.3) is 17.7 Å². The van der Waals surface area contributed by atoms with E-state index >= 15 is 0 Å². The van der Waals surface area contributed by atoms with E-state index < -0.39 is 41.4 Å². The molecule has 2 aromatic rings. The summed E-state index contributed by atoms with van der Waals surface area (Å²) >= 11 is 11.9. The summed E-state index contributed by atoms with van der Waals surface area (Å²) in [6.45, 7) is 3.38. The molecule has 4 atom stereocenters. The minimum atomic E-state index is -1.12. The number of benzene rings is 2. The van der Waals surface area contributed by atoms with Crippen LogP contribution in [0, 0.1) is 17.8 Å². The Hall–Kier alpha value is -2.96. The fourth-order valence-corrected chi connectivity index (χ4v) is 4.73. The van der Waals surface area contributed by atoms with E-state index in [0.29, 0.717) is 22.0 Å². The van der Waals surface area contributed by atoms with Crippen LogP contribution in [0.25, 0.3) is 0 Å². The fourth-order valence-electron chi connectivity index (χ4n) is 4.47. The van der Waals surface area contributed by atoms with Crippen molar-refractivity contribution in [3.8, 4) is 0 Å². The average Bonchev–Trinajstić information content (AvgIpc) is 3.05. The highest BCUT2D eigenvalue weighted by Gasteiger charge is 2.54. The lowest BCUT2D eigenvalue weighted by Crippen LogP contribution is -2.56. The van der Waals surface area contributed by atoms with E-state index in [0.717, 1.165) is 10.0 Å². The van der Waals surface area contributed by atoms with Gasteiger partial charge in [0, 0.05) is 21.2 Å². The number of fused-ring (bicyclic) bond motifs is 1. The highest BCUT2D eigenvalue weighted by molar-refractivity contribution is 6.31. The molecular formula is C25H22Cl2N2O4. The van der Waals surface area contributed by atoms with Crippen LogP contribution in [0.1, 0.15) is 41.0 Å². The fraction of sp³-hybridized carbons (Fsp3) is 0.280. The minimum absolute atomic E-state index is 0.153. The number of nitrogens with zero attached hydrogens (tertiary/aromatic N) is 2. The van der Waals surface area contributed by atoms with Gasteiger partial charge >= 0.3 is 0 Å². The topological polar surface area (TPSA) is 74.8 Å². The number of Topliss-reactive ketones (excluding diaryl/α,β-unsaturated/α-hetero) is 1. The molecule has 6 nitrogen and oxygen atoms in total. The van der Waals surface area contributed by atoms with E-state index in [2.05, 4.69) is 0 Å². The molecule has 2 aromatic carbocycles. The predicted molar refractivity (Wildman–Crippen MR) is 125 cm³/mol. The van der Waals surface area contributed by atoms with Crippen molar-refractivity contribution >= 4 is 46.7 Å². The predicted octanol–water partition coefficient (Wildman–Crippen LogP) is 4.82. The SMILES string of the molecule is C[C@@H]1C=CC[C@@H]2C(=O)N(N(C(=O)c3ccc(Cl)cc3)[C@H](C)C(=O)c3ccc(Cl)cc3)C(=O)[C@@H]12. The molecule has 33 heavy (non-hydrogen) atoms. The summed E-state index contributed by atoms with van der Waals surface area (Å²) in [5.41, 5.74) is 0.518. The molecule has 4 rings (SSSR count). The van der Waals surface area contributed by atoms with Gasteiger partial charge in [0.2, 0.25) is 0 Å². The number of carbonyl (C=O) groups is 4. The first kappa shape index (κ1) is 23.2. The van der Waals surface area contributed by atoms with Gasteiger partial charge in [-0.25, -0.2) is 5.01 Å². The molecule has 1 saturated heterocycles. The van der Waals surface area contributed by atoms with Crippen molar-refractivity contribution in [3.63, 3.8) is 0 Å². The molecule has 3 amide bonds. The number of halogens is 2. The summed E-state index contributed by atoms with van der Waals surface area (Å²) in [4.78, 5) is 53.7. The Balaban J connectivity index is 1.76. The van der Waals surface area contributed by atoms with Crippen LogP contribution in [-0.4, -0.2) is 39.6 Å². The molecule has 0 N–H and O–H groups in total. The summed E-state index contributed by atoms with van der Waals surface area (Å²) in [5.74, 6) is -3.28. The van der Waals surface area contributed by atoms with Crippen LogP contribution in [0.3, 0.4) is 0 Å². The van der Waals surface area contributed by atoms with Gasteiger partial charge in [-0.15, -0.1) is 0 Å². The third kappa shape index (κ3) is 4.21. The van der Waals surface area contributed by atoms with Crippen molar-refractivity contribution in [2.45, 2.75) is 26.3 Å². The van der Waals surface area contributed by atoms with Crippen molar-refractivity contribution in [1.82, 2.24) is 10.0 Å². The number of ketones is 1. The van der Waals surface area contributed by atoms with Crippen molar-refractivity contribution < 1.29 is 19.2 Å². The van der Waals surface area contributed by atoms with Gasteiger partial charge in [-0.1, -0.05) is 42.3 Å². The Bertz CT molecular complexity index is 1140. The second kappa shape index (κ2) is 9.12. The molecule has 0 unspecified atom stereocenters. The lowest BCUT2D eigenvalue weighted by molar-refractivity contribution is -0.156. The Morgan fingerprint density at radius 2 is 1.48 bits per heavy atom. The van der Waals surface area contributed by atoms with Gasteiger partial charge in [0.05, 0.1) is 11.8 Å². The lowest BCUT2D eigenvalue weighted by atomic mass is 9.78. The maximum absolute atomic E-state index is 13.6. The molecular weight excluding hydrogens is 463 g/mol. The highest BCUT2D eigenvalue weighted by atomic mass is 35.5. The quantitative estimate of drug-likeness (QED) is 0.346. The number of amides is 3. The van der Waals surface area contributed by atoms with Crippen LogP contribution >= 0.6 is 23.2 Å². The third-order valence-corrected chi connectivity index (χ3v) is 6.74. The largest absolute Gasteiger partial charge is 0.292 e. The maximum atomic E-state index is 13.6. The first-order chi connectivity index (χ1) is 15.7. The number of hydrogen-bond acceptors (Lipinski definition) is 4. The number of rotatable bonds is 5. The zero-order valence-corrected chi connectivity index (χ0v) is 19.6. The second-order valence-electron chi connectivity index (χ2n) is 8.35. The van der Waals surface area contributed by atoms with E-state index in [9.17, 15) is 19.2 Å². The molecule has 0 saturated carbocycles. The lowest BCUT2D eigenvalue weighted by Gasteiger charge is -2.34. The van der Waals surface area contributed by atoms with E-state index in [1.54, 1.807) is 24.3 Å². The Morgan fingerprint density at radius 3 is 2.03 bits per heavy atom. The molecule has 0 bridgehead atoms. The van der Waals surface area contributed by atoms with E-state index in [1.807, 2.05) is 19.1 Å². The number of carbonyl (C=O) groups excluding carboxylic acids is 4. The molecule has 1 heterocycles. The van der Waals surface area contributed by atoms with Crippen LogP contribution in [-0.2, 0) is 9.59 Å². The Labute approximate surface area is 201 Å². The molecule has 8 heteroatoms. The normalized spacial score (nSPS) is 22.8. The van der Waals surface area contributed by atoms with Crippen LogP contribution in [0.15, 0.2) is 60.7 Å². The van der Waals surface area contributed by atoms with Crippen molar-refractivity contribution in [2.24, 2.45) is 17.8 Å². The van der Waals surface area contributed by atoms with Crippen molar-refractivity contribution in [3.05, 3.63) is 81.9 Å². The zero-order valence-electron chi connectivity index (χ0n) is 18.1. The summed E-state index contributed by atoms with van der Waals surface area (Å²) in [6.07, 6.45) is 4.20. The summed E-state index contributed by atoms with van der Waals surface area (Å²) in [5, 5.41) is 2.77. The molecule has 1 aliphatic heterocycles. The van der Waals surface area contributed by atoms with E-state index in [4.69, 9.17) is 23.2 Å². The molecule has 1 fully saturated rings. The summed E-state index contributed by atoms with van der Waals surface area (Å²) < 4.78 is 0. The van der Waals surface area contributed by atoms with Gasteiger partial charge in [-0.05, 0) is 67.8 Å². The smallest absolute Gasteiger partial charge is 0.273 e. The first-order valence-electron chi connectivity index (χ1n) is 10.6. The number of imide groups is 1. The molecule has 0 aromatic heterocycles. The molecule has 0 spiro atoms. The molecule has 170 valence electrons. The molecule has 2 aliphatic rings. The number of allylic oxidation sites excluding steroid dienone is 2. The van der Waals surface area contributed by atoms with Gasteiger partial charge in [0.15, 0.2) is 5.78 Å². The molecule has 0 radical (unpaired) electrons. The maximum Gasteiger partial charge on any atom is 0.273 e. The standard InChI is InChI=1S/C25H22Cl2N2O4/c1-14-4-3-5-20-21(14)25(33)29(24(20)32)28(23(31)17-8-12-19(27)13-9-17)15(2)22(30)16-6-10-18(26)11-7-16/h3-4,6-15,20-21H,5H2,1-2H3/t14-,15-,20+,21+/m1/s1. The third-order valence-electron chi connectivity index (χ3n) is 6.24. The van der Waals surface area contributed by atoms with Crippen LogP contribution in [0.4, 0.5) is 0 Å². The second-order valence-corrected chi connectivity index (χ2v) is 9.22. The average molecular weight is 485 g/mol. The number of hydrogen-bond donors (Lipinski definition) is 0. The van der Waals surface area contributed by atoms with Crippen LogP contribution < -0.4 is 0 Å². The van der Waals surface area contributed by atoms with Gasteiger partial charge in [-0.2, -0.15) is 5.01 Å². The van der Waals surface area contributed by atoms with Gasteiger partial charge in [0.1, 0.15) is 6.04 Å². The van der Waals surface area contributed by atoms with Crippen molar-refractivity contribution in [2.75, 3.05) is 0 Å². The summed E-state index contributed by atoms with van der Waals surface area (Å²) in [6, 6.07) is 11.2. The Morgan fingerprint density at radius 1 is 0.939 bits per heavy atom. The first-order valence-corrected chi connectivity index (χ1v) is 11.4. The van der Waals surface area contributed by atoms with E-state index in [1.165, 1.54) is 31.2 Å². The highest BCUT2D eigenvalue weighted by Crippen LogP contribution is 2.40.